The van der Waals surface area contributed by atoms with Gasteiger partial charge in [0.05, 0.1) is 0 Å². The molecular weight excluding hydrogens is 302 g/mol. The Bertz CT molecular complexity index is 216. The van der Waals surface area contributed by atoms with Crippen LogP contribution in [0.15, 0.2) is 0 Å². The van der Waals surface area contributed by atoms with E-state index in [1.165, 1.54) is 38.5 Å². The molecule has 0 fully saturated rings. The minimum atomic E-state index is -2.72. The molecule has 3 nitrogen and oxygen atoms in total. The molecule has 5 heteroatoms. The van der Waals surface area contributed by atoms with Crippen LogP contribution in [0.3, 0.4) is 0 Å². The molecule has 0 aromatic rings. The maximum Gasteiger partial charge on any atom is 0.419 e. The average Bonchev–Trinajstić information content (AvgIpc) is 2.47. The maximum atomic E-state index is 10.3. The first-order valence-electron chi connectivity index (χ1n) is 8.68. The molecule has 0 saturated heterocycles. The van der Waals surface area contributed by atoms with E-state index in [9.17, 15) is 4.89 Å². The van der Waals surface area contributed by atoms with Crippen molar-refractivity contribution in [3.8, 4) is 0 Å². The van der Waals surface area contributed by atoms with Gasteiger partial charge in [-0.15, -0.1) is 0 Å². The Morgan fingerprint density at radius 2 is 1.24 bits per heavy atom. The second-order valence-corrected chi connectivity index (χ2v) is 9.59. The fourth-order valence-corrected chi connectivity index (χ4v) is 3.70. The van der Waals surface area contributed by atoms with Crippen LogP contribution in [0.4, 0.5) is 0 Å². The molecule has 1 N–H and O–H groups in total. The van der Waals surface area contributed by atoms with Crippen molar-refractivity contribution < 1.29 is 13.9 Å². The molecule has 0 aromatic carbocycles. The predicted molar refractivity (Wildman–Crippen MR) is 97.4 cm³/mol. The summed E-state index contributed by atoms with van der Waals surface area (Å²) in [5.41, 5.74) is 0. The third-order valence-corrected chi connectivity index (χ3v) is 6.01. The summed E-state index contributed by atoms with van der Waals surface area (Å²) in [6.07, 6.45) is 9.41. The Kier molecular flexibility index (Phi) is 13.7. The fourth-order valence-electron chi connectivity index (χ4n) is 2.26. The lowest BCUT2D eigenvalue weighted by molar-refractivity contribution is 0.142. The zero-order chi connectivity index (χ0) is 16.1. The lowest BCUT2D eigenvalue weighted by atomic mass is 10.0. The molecule has 0 rings (SSSR count). The van der Waals surface area contributed by atoms with Crippen molar-refractivity contribution in [2.24, 2.45) is 11.8 Å². The van der Waals surface area contributed by atoms with Gasteiger partial charge in [0.15, 0.2) is 0 Å². The smallest absolute Gasteiger partial charge is 0.191 e. The van der Waals surface area contributed by atoms with Gasteiger partial charge in [-0.1, -0.05) is 66.2 Å². The van der Waals surface area contributed by atoms with Crippen LogP contribution in [0.5, 0.6) is 0 Å². The molecule has 3 unspecified atom stereocenters. The third kappa shape index (κ3) is 11.9. The van der Waals surface area contributed by atoms with E-state index in [2.05, 4.69) is 36.6 Å². The van der Waals surface area contributed by atoms with Gasteiger partial charge in [0.1, 0.15) is 22.1 Å². The van der Waals surface area contributed by atoms with Crippen LogP contribution in [0.1, 0.15) is 79.1 Å². The van der Waals surface area contributed by atoms with Crippen molar-refractivity contribution in [3.63, 3.8) is 0 Å². The van der Waals surface area contributed by atoms with Gasteiger partial charge in [0, 0.05) is 0 Å². The Balaban J connectivity index is 4.04. The topological polar surface area (TPSA) is 38.7 Å². The van der Waals surface area contributed by atoms with E-state index < -0.39 is 7.63 Å². The van der Waals surface area contributed by atoms with Gasteiger partial charge in [-0.2, -0.15) is 13.9 Å². The SMILES string of the molecule is CCCCC(CC)CO[P+](O)(P)OCC(CC)CCCC. The molecule has 21 heavy (non-hydrogen) atoms. The summed E-state index contributed by atoms with van der Waals surface area (Å²) in [4.78, 5) is 10.3. The monoisotopic (exact) mass is 339 g/mol. The largest absolute Gasteiger partial charge is 0.419 e. The van der Waals surface area contributed by atoms with Gasteiger partial charge >= 0.3 is 7.63 Å². The molecule has 0 spiro atoms. The molecule has 0 amide bonds. The number of unbranched alkanes of at least 4 members (excludes halogenated alkanes) is 2. The van der Waals surface area contributed by atoms with E-state index in [0.29, 0.717) is 25.0 Å². The first-order valence-corrected chi connectivity index (χ1v) is 11.9. The van der Waals surface area contributed by atoms with Gasteiger partial charge in [-0.3, -0.25) is 0 Å². The molecular formula is C16H37O3P2+. The van der Waals surface area contributed by atoms with E-state index in [0.717, 1.165) is 12.8 Å². The van der Waals surface area contributed by atoms with Crippen LogP contribution in [0, 0.1) is 11.8 Å². The zero-order valence-corrected chi connectivity index (χ0v) is 16.6. The number of hydrogen-bond donors (Lipinski definition) is 1. The van der Waals surface area contributed by atoms with Crippen molar-refractivity contribution in [3.05, 3.63) is 0 Å². The Hall–Kier alpha value is 0.740. The van der Waals surface area contributed by atoms with Gasteiger partial charge in [0.2, 0.25) is 0 Å². The van der Waals surface area contributed by atoms with Crippen molar-refractivity contribution in [1.82, 2.24) is 0 Å². The minimum absolute atomic E-state index is 0.530. The Morgan fingerprint density at radius 1 is 0.857 bits per heavy atom. The van der Waals surface area contributed by atoms with Gasteiger partial charge in [0.25, 0.3) is 0 Å². The average molecular weight is 339 g/mol. The van der Waals surface area contributed by atoms with Crippen LogP contribution in [-0.2, 0) is 9.05 Å². The Morgan fingerprint density at radius 3 is 1.52 bits per heavy atom. The summed E-state index contributed by atoms with van der Waals surface area (Å²) >= 11 is 0. The van der Waals surface area contributed by atoms with Crippen molar-refractivity contribution >= 4 is 16.6 Å². The number of hydrogen-bond acceptors (Lipinski definition) is 3. The number of rotatable bonds is 14. The van der Waals surface area contributed by atoms with Crippen LogP contribution in [-0.4, -0.2) is 18.1 Å². The fraction of sp³-hybridized carbons (Fsp3) is 1.00. The highest BCUT2D eigenvalue weighted by molar-refractivity contribution is 8.16. The molecule has 0 heterocycles. The van der Waals surface area contributed by atoms with Crippen molar-refractivity contribution in [1.29, 1.82) is 0 Å². The van der Waals surface area contributed by atoms with E-state index in [4.69, 9.17) is 9.05 Å². The van der Waals surface area contributed by atoms with Gasteiger partial charge < -0.3 is 0 Å². The summed E-state index contributed by atoms with van der Waals surface area (Å²) in [5, 5.41) is 0. The second kappa shape index (κ2) is 13.2. The molecule has 0 bridgehead atoms. The van der Waals surface area contributed by atoms with E-state index in [-0.39, 0.29) is 0 Å². The normalized spacial score (nSPS) is 17.4. The van der Waals surface area contributed by atoms with E-state index >= 15 is 0 Å². The van der Waals surface area contributed by atoms with E-state index in [1.807, 2.05) is 0 Å². The quantitative estimate of drug-likeness (QED) is 0.395. The van der Waals surface area contributed by atoms with Crippen LogP contribution in [0.2, 0.25) is 0 Å². The molecule has 0 saturated carbocycles. The summed E-state index contributed by atoms with van der Waals surface area (Å²) < 4.78 is 11.4. The second-order valence-electron chi connectivity index (χ2n) is 5.99. The Labute approximate surface area is 135 Å². The highest BCUT2D eigenvalue weighted by Crippen LogP contribution is 2.65. The molecule has 0 aliphatic heterocycles. The highest BCUT2D eigenvalue weighted by Gasteiger charge is 2.35. The molecule has 0 aliphatic carbocycles. The van der Waals surface area contributed by atoms with Gasteiger partial charge in [-0.05, 0) is 24.7 Å². The molecule has 3 atom stereocenters. The zero-order valence-electron chi connectivity index (χ0n) is 14.5. The van der Waals surface area contributed by atoms with Crippen molar-refractivity contribution in [2.45, 2.75) is 79.1 Å². The highest BCUT2D eigenvalue weighted by atomic mass is 32.1. The van der Waals surface area contributed by atoms with Crippen LogP contribution < -0.4 is 0 Å². The maximum absolute atomic E-state index is 10.3. The predicted octanol–water partition coefficient (Wildman–Crippen LogP) is 6.00. The molecule has 0 aromatic heterocycles. The first-order chi connectivity index (χ1) is 9.99. The summed E-state index contributed by atoms with van der Waals surface area (Å²) in [5.74, 6) is 1.06. The van der Waals surface area contributed by atoms with Crippen LogP contribution in [0.25, 0.3) is 0 Å². The van der Waals surface area contributed by atoms with Crippen LogP contribution >= 0.6 is 16.6 Å². The summed E-state index contributed by atoms with van der Waals surface area (Å²) in [6.45, 7) is 9.99. The summed E-state index contributed by atoms with van der Waals surface area (Å²) in [6, 6.07) is 0. The lowest BCUT2D eigenvalue weighted by Crippen LogP contribution is -2.12. The summed E-state index contributed by atoms with van der Waals surface area (Å²) in [7, 11) is -0.317. The minimum Gasteiger partial charge on any atom is -0.191 e. The first kappa shape index (κ1) is 21.7. The molecule has 0 radical (unpaired) electrons. The lowest BCUT2D eigenvalue weighted by Gasteiger charge is -2.19. The molecule has 128 valence electrons. The standard InChI is InChI=1S/C16H37O3P2/c1-5-9-11-15(7-3)13-18-21(17,20)19-14-16(8-4)12-10-6-2/h15-17H,5-14,20H2,1-4H3/q+1. The van der Waals surface area contributed by atoms with E-state index in [1.54, 1.807) is 0 Å². The van der Waals surface area contributed by atoms with Gasteiger partial charge in [-0.25, -0.2) is 0 Å². The molecule has 0 aliphatic rings. The third-order valence-electron chi connectivity index (χ3n) is 4.08. The van der Waals surface area contributed by atoms with Crippen molar-refractivity contribution in [2.75, 3.05) is 13.2 Å².